The first-order valence-corrected chi connectivity index (χ1v) is 31.8. The SMILES string of the molecule is Cc1cc(C)c(-c2ccccc2)c(N(c2ccc(C3CCCCC3)cc2)c2ccc3c4cc5c(cc4n4c6ccccc6c2c34)c2ccc(N(c3ccc(C4CCCCC4)cc3)c3cc(C)cc(C)c3-c3ccccc3)c3c4ccccc4n5c23)c1. The van der Waals surface area contributed by atoms with Gasteiger partial charge >= 0.3 is 0 Å². The fraction of sp³-hybridized carbons (Fsp3) is 0.195. The number of aryl methyl sites for hydroxylation is 4. The smallest absolute Gasteiger partial charge is 0.0641 e. The Morgan fingerprint density at radius 2 is 0.698 bits per heavy atom. The predicted molar refractivity (Wildman–Crippen MR) is 367 cm³/mol. The molecule has 2 aliphatic carbocycles. The Hall–Kier alpha value is -9.38. The number of anilines is 6. The van der Waals surface area contributed by atoms with E-state index in [2.05, 4.69) is 265 Å². The molecule has 15 aromatic rings. The third-order valence-corrected chi connectivity index (χ3v) is 20.2. The van der Waals surface area contributed by atoms with Gasteiger partial charge in [0.2, 0.25) is 0 Å². The van der Waals surface area contributed by atoms with Crippen molar-refractivity contribution in [2.24, 2.45) is 0 Å². The van der Waals surface area contributed by atoms with E-state index in [-0.39, 0.29) is 0 Å². The first-order chi connectivity index (χ1) is 42.3. The number of hydrogen-bond acceptors (Lipinski definition) is 2. The van der Waals surface area contributed by atoms with E-state index in [0.717, 1.165) is 0 Å². The topological polar surface area (TPSA) is 15.3 Å². The zero-order chi connectivity index (χ0) is 57.3. The number of aromatic nitrogens is 2. The third kappa shape index (κ3) is 7.87. The van der Waals surface area contributed by atoms with Gasteiger partial charge in [0.1, 0.15) is 0 Å². The molecule has 2 fully saturated rings. The average molecular weight is 1110 g/mol. The van der Waals surface area contributed by atoms with Crippen molar-refractivity contribution in [2.45, 2.75) is 104 Å². The van der Waals surface area contributed by atoms with Gasteiger partial charge in [-0.15, -0.1) is 0 Å². The van der Waals surface area contributed by atoms with Crippen molar-refractivity contribution >= 4 is 110 Å². The lowest BCUT2D eigenvalue weighted by Gasteiger charge is -2.31. The molecule has 4 heterocycles. The summed E-state index contributed by atoms with van der Waals surface area (Å²) < 4.78 is 5.20. The lowest BCUT2D eigenvalue weighted by molar-refractivity contribution is 0.443. The van der Waals surface area contributed by atoms with Crippen molar-refractivity contribution in [3.8, 4) is 22.3 Å². The van der Waals surface area contributed by atoms with E-state index in [1.807, 2.05) is 0 Å². The first-order valence-electron chi connectivity index (χ1n) is 31.8. The van der Waals surface area contributed by atoms with Gasteiger partial charge in [0, 0.05) is 65.6 Å². The highest BCUT2D eigenvalue weighted by Gasteiger charge is 2.31. The monoisotopic (exact) mass is 1110 g/mol. The molecule has 0 bridgehead atoms. The average Bonchev–Trinajstić information content (AvgIpc) is 1.69. The molecule has 4 nitrogen and oxygen atoms in total. The van der Waals surface area contributed by atoms with Gasteiger partial charge in [-0.25, -0.2) is 0 Å². The van der Waals surface area contributed by atoms with Gasteiger partial charge in [0.25, 0.3) is 0 Å². The van der Waals surface area contributed by atoms with Crippen LogP contribution in [-0.2, 0) is 0 Å². The zero-order valence-corrected chi connectivity index (χ0v) is 49.8. The Morgan fingerprint density at radius 1 is 0.314 bits per heavy atom. The van der Waals surface area contributed by atoms with Crippen LogP contribution in [0.1, 0.15) is 109 Å². The van der Waals surface area contributed by atoms with Gasteiger partial charge in [-0.2, -0.15) is 0 Å². The summed E-state index contributed by atoms with van der Waals surface area (Å²) in [4.78, 5) is 5.19. The molecule has 86 heavy (non-hydrogen) atoms. The fourth-order valence-corrected chi connectivity index (χ4v) is 16.5. The molecule has 418 valence electrons. The Bertz CT molecular complexity index is 4770. The molecule has 2 aliphatic rings. The van der Waals surface area contributed by atoms with E-state index in [4.69, 9.17) is 0 Å². The zero-order valence-electron chi connectivity index (χ0n) is 49.8. The van der Waals surface area contributed by atoms with Crippen LogP contribution in [0.4, 0.5) is 34.1 Å². The number of hydrogen-bond donors (Lipinski definition) is 0. The minimum absolute atomic E-state index is 0.625. The molecule has 4 aromatic heterocycles. The highest BCUT2D eigenvalue weighted by molar-refractivity contribution is 6.32. The van der Waals surface area contributed by atoms with E-state index in [9.17, 15) is 0 Å². The van der Waals surface area contributed by atoms with Crippen molar-refractivity contribution in [2.75, 3.05) is 9.80 Å². The standard InChI is InChI=1S/C82H70N4/c1-51-45-53(3)77(59-25-13-7-14-26-59)75(47-51)83(61-37-33-57(34-38-61)55-21-9-5-10-22-55)71-43-41-63-67-49-74-68(50-73(67)85-69-31-19-17-29-65(69)79(71)81(63)85)64-42-44-72(80-66-30-18-20-32-70(66)86(74)82(64)80)84(62-39-35-58(36-40-62)56-23-11-6-12-24-56)76-48-52(2)46-54(4)78(76)60-27-15-8-16-28-60/h7-8,13-20,25-50,55-56H,5-6,9-12,21-24H2,1-4H3. The molecule has 4 heteroatoms. The molecule has 0 aliphatic heterocycles. The van der Waals surface area contributed by atoms with Gasteiger partial charge in [-0.3, -0.25) is 0 Å². The van der Waals surface area contributed by atoms with Crippen LogP contribution in [0.2, 0.25) is 0 Å². The van der Waals surface area contributed by atoms with Crippen molar-refractivity contribution in [3.05, 3.63) is 252 Å². The number of benzene rings is 11. The van der Waals surface area contributed by atoms with Crippen LogP contribution < -0.4 is 9.80 Å². The summed E-state index contributed by atoms with van der Waals surface area (Å²) in [6.45, 7) is 9.08. The third-order valence-electron chi connectivity index (χ3n) is 20.2. The molecule has 0 N–H and O–H groups in total. The largest absolute Gasteiger partial charge is 0.309 e. The van der Waals surface area contributed by atoms with E-state index in [1.54, 1.807) is 0 Å². The van der Waals surface area contributed by atoms with E-state index < -0.39 is 0 Å². The summed E-state index contributed by atoms with van der Waals surface area (Å²) in [5.41, 5.74) is 27.5. The molecular formula is C82H70N4. The second-order valence-electron chi connectivity index (χ2n) is 25.5. The second-order valence-corrected chi connectivity index (χ2v) is 25.5. The molecule has 0 atom stereocenters. The van der Waals surface area contributed by atoms with E-state index in [1.165, 1.54) is 230 Å². The van der Waals surface area contributed by atoms with Crippen LogP contribution in [0.5, 0.6) is 0 Å². The maximum atomic E-state index is 2.60. The van der Waals surface area contributed by atoms with E-state index in [0.29, 0.717) is 11.8 Å². The number of rotatable bonds is 10. The quantitative estimate of drug-likeness (QED) is 0.136. The van der Waals surface area contributed by atoms with Crippen molar-refractivity contribution in [1.82, 2.24) is 8.80 Å². The molecule has 17 rings (SSSR count). The summed E-state index contributed by atoms with van der Waals surface area (Å²) in [5, 5.41) is 10.1. The molecule has 0 amide bonds. The Balaban J connectivity index is 0.911. The molecule has 0 saturated heterocycles. The molecule has 0 unspecified atom stereocenters. The molecule has 0 spiro atoms. The summed E-state index contributed by atoms with van der Waals surface area (Å²) in [6, 6.07) is 84.2. The summed E-state index contributed by atoms with van der Waals surface area (Å²) in [5.74, 6) is 1.25. The minimum atomic E-state index is 0.625. The lowest BCUT2D eigenvalue weighted by atomic mass is 9.84. The van der Waals surface area contributed by atoms with Crippen molar-refractivity contribution in [1.29, 1.82) is 0 Å². The minimum Gasteiger partial charge on any atom is -0.309 e. The Kier molecular flexibility index (Phi) is 12.0. The highest BCUT2D eigenvalue weighted by Crippen LogP contribution is 2.54. The van der Waals surface area contributed by atoms with Gasteiger partial charge < -0.3 is 18.6 Å². The number of para-hydroxylation sites is 2. The van der Waals surface area contributed by atoms with Crippen LogP contribution in [0.25, 0.3) is 98.4 Å². The van der Waals surface area contributed by atoms with E-state index >= 15 is 0 Å². The highest BCUT2D eigenvalue weighted by atomic mass is 15.2. The second kappa shape index (κ2) is 20.1. The van der Waals surface area contributed by atoms with Gasteiger partial charge in [0.15, 0.2) is 0 Å². The summed E-state index contributed by atoms with van der Waals surface area (Å²) in [6.07, 6.45) is 13.1. The molecular weight excluding hydrogens is 1040 g/mol. The van der Waals surface area contributed by atoms with Gasteiger partial charge in [-0.05, 0) is 183 Å². The Labute approximate surface area is 503 Å². The summed E-state index contributed by atoms with van der Waals surface area (Å²) in [7, 11) is 0. The Morgan fingerprint density at radius 3 is 1.10 bits per heavy atom. The van der Waals surface area contributed by atoms with Crippen molar-refractivity contribution in [3.63, 3.8) is 0 Å². The molecule has 11 aromatic carbocycles. The van der Waals surface area contributed by atoms with Crippen LogP contribution in [0.3, 0.4) is 0 Å². The van der Waals surface area contributed by atoms with Crippen molar-refractivity contribution < 1.29 is 0 Å². The van der Waals surface area contributed by atoms with Crippen LogP contribution in [0.15, 0.2) is 218 Å². The first kappa shape index (κ1) is 51.1. The maximum Gasteiger partial charge on any atom is 0.0641 e. The normalized spacial score (nSPS) is 14.7. The lowest BCUT2D eigenvalue weighted by Crippen LogP contribution is -2.13. The molecule has 0 radical (unpaired) electrons. The number of fused-ring (bicyclic) bond motifs is 12. The molecule has 2 saturated carbocycles. The number of nitrogens with zero attached hydrogens (tertiary/aromatic N) is 4. The fourth-order valence-electron chi connectivity index (χ4n) is 16.5. The van der Waals surface area contributed by atoms with Gasteiger partial charge in [-0.1, -0.05) is 184 Å². The maximum absolute atomic E-state index is 2.60. The predicted octanol–water partition coefficient (Wildman–Crippen LogP) is 23.6. The van der Waals surface area contributed by atoms with Crippen LogP contribution in [0, 0.1) is 27.7 Å². The van der Waals surface area contributed by atoms with Crippen LogP contribution >= 0.6 is 0 Å². The van der Waals surface area contributed by atoms with Gasteiger partial charge in [0.05, 0.1) is 55.8 Å². The van der Waals surface area contributed by atoms with Crippen LogP contribution in [-0.4, -0.2) is 8.80 Å². The summed E-state index contributed by atoms with van der Waals surface area (Å²) >= 11 is 0.